The van der Waals surface area contributed by atoms with Crippen LogP contribution < -0.4 is 21.8 Å². The molecule has 0 radical (unpaired) electrons. The number of rotatable bonds is 6. The lowest BCUT2D eigenvalue weighted by molar-refractivity contribution is 0.0871. The highest BCUT2D eigenvalue weighted by atomic mass is 16.5. The number of pyridine rings is 2. The number of carbonyl (C=O) groups excluding carboxylic acids is 2. The fourth-order valence-electron chi connectivity index (χ4n) is 2.18. The van der Waals surface area contributed by atoms with Gasteiger partial charge < -0.3 is 25.8 Å². The van der Waals surface area contributed by atoms with Crippen molar-refractivity contribution in [2.75, 3.05) is 13.1 Å². The number of hydrogen-bond donors (Lipinski definition) is 3. The Balaban J connectivity index is 1.96. The SMILES string of the molecule is CC(C)(CNC(=O)c1cccc(=O)n1[O-])CNC(=O)c1cccc(=O)n1O. The second-order valence-corrected chi connectivity index (χ2v) is 6.63. The average Bonchev–Trinajstić information content (AvgIpc) is 2.62. The molecule has 0 atom stereocenters. The van der Waals surface area contributed by atoms with Gasteiger partial charge in [-0.1, -0.05) is 26.0 Å². The summed E-state index contributed by atoms with van der Waals surface area (Å²) in [4.78, 5) is 46.8. The van der Waals surface area contributed by atoms with Gasteiger partial charge in [-0.15, -0.1) is 4.73 Å². The van der Waals surface area contributed by atoms with E-state index in [1.165, 1.54) is 24.3 Å². The summed E-state index contributed by atoms with van der Waals surface area (Å²) < 4.78 is 0.243. The van der Waals surface area contributed by atoms with Crippen LogP contribution in [0.5, 0.6) is 0 Å². The van der Waals surface area contributed by atoms with Gasteiger partial charge in [0, 0.05) is 25.2 Å². The van der Waals surface area contributed by atoms with E-state index in [9.17, 15) is 29.6 Å². The third-order valence-electron chi connectivity index (χ3n) is 3.76. The van der Waals surface area contributed by atoms with Crippen LogP contribution in [0.3, 0.4) is 0 Å². The molecule has 0 bridgehead atoms. The van der Waals surface area contributed by atoms with Crippen molar-refractivity contribution in [2.24, 2.45) is 5.41 Å². The number of nitrogens with one attached hydrogen (secondary N) is 2. The molecule has 2 aromatic heterocycles. The van der Waals surface area contributed by atoms with Crippen molar-refractivity contribution >= 4 is 11.8 Å². The molecule has 0 aliphatic carbocycles. The lowest BCUT2D eigenvalue weighted by Crippen LogP contribution is -2.43. The first-order valence-electron chi connectivity index (χ1n) is 8.00. The predicted octanol–water partition coefficient (Wildman–Crippen LogP) is -0.221. The van der Waals surface area contributed by atoms with Gasteiger partial charge in [0.05, 0.1) is 0 Å². The molecule has 2 aromatic rings. The molecule has 0 fully saturated rings. The number of nitrogens with zero attached hydrogens (tertiary/aromatic N) is 2. The fourth-order valence-corrected chi connectivity index (χ4v) is 2.18. The van der Waals surface area contributed by atoms with Gasteiger partial charge in [-0.25, -0.2) is 0 Å². The van der Waals surface area contributed by atoms with Crippen LogP contribution in [-0.4, -0.2) is 39.6 Å². The Hall–Kier alpha value is -3.56. The summed E-state index contributed by atoms with van der Waals surface area (Å²) >= 11 is 0. The molecule has 0 aromatic carbocycles. The summed E-state index contributed by atoms with van der Waals surface area (Å²) in [5.41, 5.74) is -2.74. The summed E-state index contributed by atoms with van der Waals surface area (Å²) in [6.45, 7) is 3.70. The monoisotopic (exact) mass is 375 g/mol. The molecular formula is C17H19N4O6-. The maximum Gasteiger partial charge on any atom is 0.283 e. The Labute approximate surface area is 153 Å². The lowest BCUT2D eigenvalue weighted by atomic mass is 9.93. The number of carbonyl (C=O) groups is 2. The first-order valence-corrected chi connectivity index (χ1v) is 8.00. The van der Waals surface area contributed by atoms with Crippen molar-refractivity contribution < 1.29 is 14.8 Å². The Morgan fingerprint density at radius 3 is 2.04 bits per heavy atom. The van der Waals surface area contributed by atoms with E-state index in [0.29, 0.717) is 0 Å². The number of amides is 2. The van der Waals surface area contributed by atoms with E-state index < -0.39 is 28.3 Å². The van der Waals surface area contributed by atoms with Crippen molar-refractivity contribution in [1.29, 1.82) is 0 Å². The summed E-state index contributed by atoms with van der Waals surface area (Å²) in [7, 11) is 0. The first-order chi connectivity index (χ1) is 12.6. The van der Waals surface area contributed by atoms with Gasteiger partial charge in [0.1, 0.15) is 11.4 Å². The zero-order valence-corrected chi connectivity index (χ0v) is 14.8. The third kappa shape index (κ3) is 4.75. The van der Waals surface area contributed by atoms with Crippen LogP contribution in [0, 0.1) is 10.6 Å². The molecule has 0 saturated heterocycles. The van der Waals surface area contributed by atoms with E-state index in [4.69, 9.17) is 0 Å². The number of hydrogen-bond acceptors (Lipinski definition) is 6. The summed E-state index contributed by atoms with van der Waals surface area (Å²) in [5, 5.41) is 26.3. The van der Waals surface area contributed by atoms with Gasteiger partial charge in [-0.05, 0) is 17.5 Å². The van der Waals surface area contributed by atoms with Crippen LogP contribution in [0.15, 0.2) is 46.0 Å². The summed E-state index contributed by atoms with van der Waals surface area (Å²) in [6.07, 6.45) is 0. The van der Waals surface area contributed by atoms with Crippen LogP contribution in [0.25, 0.3) is 0 Å². The van der Waals surface area contributed by atoms with Gasteiger partial charge in [0.15, 0.2) is 0 Å². The predicted molar refractivity (Wildman–Crippen MR) is 95.8 cm³/mol. The molecule has 0 unspecified atom stereocenters. The van der Waals surface area contributed by atoms with Crippen LogP contribution in [0.2, 0.25) is 0 Å². The molecule has 10 heteroatoms. The van der Waals surface area contributed by atoms with Crippen LogP contribution >= 0.6 is 0 Å². The highest BCUT2D eigenvalue weighted by molar-refractivity contribution is 5.93. The molecule has 10 nitrogen and oxygen atoms in total. The zero-order valence-electron chi connectivity index (χ0n) is 14.8. The van der Waals surface area contributed by atoms with Crippen LogP contribution in [-0.2, 0) is 0 Å². The summed E-state index contributed by atoms with van der Waals surface area (Å²) in [6, 6.07) is 7.33. The molecule has 0 aliphatic rings. The molecule has 0 saturated carbocycles. The van der Waals surface area contributed by atoms with Gasteiger partial charge in [0.25, 0.3) is 17.4 Å². The van der Waals surface area contributed by atoms with Gasteiger partial charge >= 0.3 is 0 Å². The minimum absolute atomic E-state index is 0.0000229. The topological polar surface area (TPSA) is 145 Å². The van der Waals surface area contributed by atoms with E-state index in [2.05, 4.69) is 10.6 Å². The highest BCUT2D eigenvalue weighted by Crippen LogP contribution is 2.12. The highest BCUT2D eigenvalue weighted by Gasteiger charge is 2.22. The second-order valence-electron chi connectivity index (χ2n) is 6.63. The lowest BCUT2D eigenvalue weighted by Gasteiger charge is -2.26. The molecule has 144 valence electrons. The standard InChI is InChI=1S/C17H19N4O6/c1-17(2,9-18-15(24)11-5-3-7-13(22)20(11)26)10-19-16(25)12-6-4-8-14(23)21(12)27/h3-8,26H,9-10H2,1-2H3,(H,18,24)(H,19,25)/q-1. The van der Waals surface area contributed by atoms with Crippen molar-refractivity contribution in [2.45, 2.75) is 13.8 Å². The van der Waals surface area contributed by atoms with Crippen LogP contribution in [0.4, 0.5) is 0 Å². The molecule has 2 rings (SSSR count). The molecule has 2 heterocycles. The molecule has 2 amide bonds. The van der Waals surface area contributed by atoms with Crippen molar-refractivity contribution in [3.63, 3.8) is 0 Å². The molecule has 0 aliphatic heterocycles. The Bertz CT molecular complexity index is 898. The normalized spacial score (nSPS) is 11.0. The van der Waals surface area contributed by atoms with Crippen LogP contribution in [0.1, 0.15) is 34.8 Å². The molecule has 0 spiro atoms. The average molecular weight is 375 g/mol. The zero-order chi connectivity index (χ0) is 20.2. The minimum atomic E-state index is -0.841. The fraction of sp³-hybridized carbons (Fsp3) is 0.294. The summed E-state index contributed by atoms with van der Waals surface area (Å²) in [5.74, 6) is -1.37. The van der Waals surface area contributed by atoms with E-state index >= 15 is 0 Å². The van der Waals surface area contributed by atoms with Crippen molar-refractivity contribution in [3.8, 4) is 0 Å². The largest absolute Gasteiger partial charge is 0.803 e. The Kier molecular flexibility index (Phi) is 5.69. The quantitative estimate of drug-likeness (QED) is 0.595. The van der Waals surface area contributed by atoms with Gasteiger partial charge in [-0.2, -0.15) is 0 Å². The van der Waals surface area contributed by atoms with E-state index in [0.717, 1.165) is 12.1 Å². The van der Waals surface area contributed by atoms with Crippen molar-refractivity contribution in [3.05, 3.63) is 73.7 Å². The Morgan fingerprint density at radius 1 is 0.963 bits per heavy atom. The Morgan fingerprint density at radius 2 is 1.44 bits per heavy atom. The van der Waals surface area contributed by atoms with E-state index in [1.54, 1.807) is 13.8 Å². The van der Waals surface area contributed by atoms with Gasteiger partial charge in [-0.3, -0.25) is 19.2 Å². The smallest absolute Gasteiger partial charge is 0.283 e. The second kappa shape index (κ2) is 7.77. The molecular weight excluding hydrogens is 356 g/mol. The van der Waals surface area contributed by atoms with Crippen molar-refractivity contribution in [1.82, 2.24) is 20.1 Å². The molecule has 3 N–H and O–H groups in total. The first kappa shape index (κ1) is 19.8. The maximum absolute atomic E-state index is 12.1. The third-order valence-corrected chi connectivity index (χ3v) is 3.76. The van der Waals surface area contributed by atoms with Gasteiger partial charge in [0.2, 0.25) is 5.56 Å². The number of aromatic nitrogens is 2. The molecule has 27 heavy (non-hydrogen) atoms. The maximum atomic E-state index is 12.1. The van der Waals surface area contributed by atoms with E-state index in [-0.39, 0.29) is 33.9 Å². The minimum Gasteiger partial charge on any atom is -0.803 e. The van der Waals surface area contributed by atoms with E-state index in [1.807, 2.05) is 0 Å².